The van der Waals surface area contributed by atoms with E-state index in [2.05, 4.69) is 14.9 Å². The van der Waals surface area contributed by atoms with Crippen molar-refractivity contribution in [3.8, 4) is 0 Å². The van der Waals surface area contributed by atoms with Crippen molar-refractivity contribution in [2.45, 2.75) is 55.6 Å². The standard InChI is InChI=1S/C27H36F3N7O5S/c1-18-13-33(10-11-35(18)26(40)36-9-8-24(31-36)43(41,42)32(2)3)14-19-4-5-20(27(28,29)30)12-23(19)37-21-6-7-22(37)16-34(15-21)17-25(38)39/h4-5,8-9,12,18,21-22H,6-7,10-11,13-17H2,1-3H3,(H,38,39). The number of anilines is 1. The number of hydrogen-bond acceptors (Lipinski definition) is 8. The SMILES string of the molecule is CC1CN(Cc2ccc(C(F)(F)F)cc2N2C3CCC2CN(CC(=O)O)C3)CCN1C(=O)n1ccc(S(=O)(=O)N(C)C)n1. The number of fused-ring (bicyclic) bond motifs is 2. The van der Waals surface area contributed by atoms with Crippen LogP contribution in [-0.2, 0) is 27.5 Å². The second-order valence-corrected chi connectivity index (χ2v) is 13.8. The van der Waals surface area contributed by atoms with E-state index in [1.54, 1.807) is 4.90 Å². The topological polar surface area (TPSA) is 123 Å². The Bertz CT molecular complexity index is 1470. The normalized spacial score (nSPS) is 23.7. The smallest absolute Gasteiger partial charge is 0.416 e. The van der Waals surface area contributed by atoms with E-state index in [-0.39, 0.29) is 29.7 Å². The first-order chi connectivity index (χ1) is 20.1. The van der Waals surface area contributed by atoms with E-state index in [4.69, 9.17) is 0 Å². The maximum Gasteiger partial charge on any atom is 0.416 e. The molecule has 4 heterocycles. The van der Waals surface area contributed by atoms with E-state index in [9.17, 15) is 36.3 Å². The molecule has 1 aromatic heterocycles. The fraction of sp³-hybridized carbons (Fsp3) is 0.593. The van der Waals surface area contributed by atoms with Crippen molar-refractivity contribution in [1.82, 2.24) is 28.8 Å². The van der Waals surface area contributed by atoms with Gasteiger partial charge in [0.2, 0.25) is 0 Å². The Morgan fingerprint density at radius 2 is 1.72 bits per heavy atom. The minimum absolute atomic E-state index is 0.0796. The highest BCUT2D eigenvalue weighted by Crippen LogP contribution is 2.40. The fourth-order valence-electron chi connectivity index (χ4n) is 6.39. The minimum Gasteiger partial charge on any atom is -0.480 e. The largest absolute Gasteiger partial charge is 0.480 e. The molecule has 0 spiro atoms. The molecule has 1 amide bonds. The molecular formula is C27H36F3N7O5S. The molecule has 3 saturated heterocycles. The van der Waals surface area contributed by atoms with Crippen molar-refractivity contribution in [1.29, 1.82) is 0 Å². The molecule has 5 rings (SSSR count). The van der Waals surface area contributed by atoms with Crippen LogP contribution in [0.25, 0.3) is 0 Å². The van der Waals surface area contributed by atoms with Gasteiger partial charge in [0.1, 0.15) is 0 Å². The van der Waals surface area contributed by atoms with Gasteiger partial charge >= 0.3 is 18.2 Å². The van der Waals surface area contributed by atoms with Gasteiger partial charge in [-0.2, -0.15) is 23.0 Å². The summed E-state index contributed by atoms with van der Waals surface area (Å²) in [6.07, 6.45) is -1.63. The lowest BCUT2D eigenvalue weighted by molar-refractivity contribution is -0.139. The third-order valence-electron chi connectivity index (χ3n) is 8.46. The number of carboxylic acid groups (broad SMARTS) is 1. The quantitative estimate of drug-likeness (QED) is 0.492. The van der Waals surface area contributed by atoms with Gasteiger partial charge in [-0.05, 0) is 43.5 Å². The van der Waals surface area contributed by atoms with Crippen LogP contribution in [0.3, 0.4) is 0 Å². The second-order valence-electron chi connectivity index (χ2n) is 11.7. The van der Waals surface area contributed by atoms with Crippen LogP contribution in [0.2, 0.25) is 0 Å². The molecular weight excluding hydrogens is 591 g/mol. The van der Waals surface area contributed by atoms with E-state index in [1.165, 1.54) is 38.5 Å². The molecule has 12 nitrogen and oxygen atoms in total. The number of carbonyl (C=O) groups is 2. The highest BCUT2D eigenvalue weighted by Gasteiger charge is 2.42. The van der Waals surface area contributed by atoms with Crippen molar-refractivity contribution in [3.63, 3.8) is 0 Å². The number of hydrogen-bond donors (Lipinski definition) is 1. The first kappa shape index (κ1) is 31.2. The molecule has 0 saturated carbocycles. The van der Waals surface area contributed by atoms with Crippen LogP contribution in [0, 0.1) is 0 Å². The Labute approximate surface area is 248 Å². The number of nitrogens with zero attached hydrogens (tertiary/aromatic N) is 7. The van der Waals surface area contributed by atoms with Crippen LogP contribution in [-0.4, -0.2) is 126 Å². The maximum atomic E-state index is 13.8. The molecule has 3 fully saturated rings. The van der Waals surface area contributed by atoms with E-state index >= 15 is 0 Å². The number of aliphatic carboxylic acids is 1. The summed E-state index contributed by atoms with van der Waals surface area (Å²) in [5.41, 5.74) is 0.543. The van der Waals surface area contributed by atoms with Gasteiger partial charge in [-0.15, -0.1) is 0 Å². The summed E-state index contributed by atoms with van der Waals surface area (Å²) in [5.74, 6) is -0.925. The predicted molar refractivity (Wildman–Crippen MR) is 150 cm³/mol. The molecule has 2 aromatic rings. The van der Waals surface area contributed by atoms with Crippen molar-refractivity contribution in [2.75, 3.05) is 58.3 Å². The zero-order valence-corrected chi connectivity index (χ0v) is 25.1. The molecule has 0 radical (unpaired) electrons. The summed E-state index contributed by atoms with van der Waals surface area (Å²) < 4.78 is 68.1. The van der Waals surface area contributed by atoms with Crippen LogP contribution in [0.15, 0.2) is 35.5 Å². The summed E-state index contributed by atoms with van der Waals surface area (Å²) in [4.78, 5) is 32.1. The molecule has 2 bridgehead atoms. The number of halogens is 3. The third kappa shape index (κ3) is 6.37. The number of sulfonamides is 1. The Kier molecular flexibility index (Phi) is 8.50. The Morgan fingerprint density at radius 3 is 2.30 bits per heavy atom. The first-order valence-corrected chi connectivity index (χ1v) is 15.5. The Balaban J connectivity index is 1.32. The van der Waals surface area contributed by atoms with Crippen molar-refractivity contribution in [2.24, 2.45) is 0 Å². The minimum atomic E-state index is -4.50. The van der Waals surface area contributed by atoms with E-state index < -0.39 is 33.8 Å². The van der Waals surface area contributed by atoms with Gasteiger partial charge in [0, 0.05) is 83.4 Å². The van der Waals surface area contributed by atoms with Gasteiger partial charge < -0.3 is 14.9 Å². The highest BCUT2D eigenvalue weighted by molar-refractivity contribution is 7.89. The number of rotatable bonds is 7. The molecule has 16 heteroatoms. The highest BCUT2D eigenvalue weighted by atomic mass is 32.2. The zero-order chi connectivity index (χ0) is 31.3. The number of aromatic nitrogens is 2. The summed E-state index contributed by atoms with van der Waals surface area (Å²) in [5, 5.41) is 13.0. The number of likely N-dealkylation sites (tertiary alicyclic amines) is 1. The second kappa shape index (κ2) is 11.7. The Hall–Kier alpha value is -3.21. The zero-order valence-electron chi connectivity index (χ0n) is 24.2. The molecule has 3 aliphatic heterocycles. The molecule has 1 aromatic carbocycles. The molecule has 43 heavy (non-hydrogen) atoms. The number of carbonyl (C=O) groups excluding carboxylic acids is 1. The van der Waals surface area contributed by atoms with Crippen LogP contribution in [0.4, 0.5) is 23.7 Å². The van der Waals surface area contributed by atoms with Gasteiger partial charge in [-0.1, -0.05) is 6.07 Å². The van der Waals surface area contributed by atoms with Crippen molar-refractivity contribution in [3.05, 3.63) is 41.6 Å². The van der Waals surface area contributed by atoms with Crippen LogP contribution >= 0.6 is 0 Å². The molecule has 236 valence electrons. The molecule has 1 N–H and O–H groups in total. The van der Waals surface area contributed by atoms with Gasteiger partial charge in [-0.25, -0.2) is 17.5 Å². The number of piperazine rings is 2. The lowest BCUT2D eigenvalue weighted by Gasteiger charge is -2.44. The van der Waals surface area contributed by atoms with Gasteiger partial charge in [0.25, 0.3) is 10.0 Å². The Morgan fingerprint density at radius 1 is 1.05 bits per heavy atom. The van der Waals surface area contributed by atoms with E-state index in [1.807, 2.05) is 11.8 Å². The average Bonchev–Trinajstić information content (AvgIpc) is 3.51. The summed E-state index contributed by atoms with van der Waals surface area (Å²) in [6, 6.07) is 4.23. The number of carboxylic acids is 1. The monoisotopic (exact) mass is 627 g/mol. The summed E-state index contributed by atoms with van der Waals surface area (Å²) in [6.45, 7) is 4.33. The lowest BCUT2D eigenvalue weighted by atomic mass is 10.0. The van der Waals surface area contributed by atoms with Crippen LogP contribution in [0.1, 0.15) is 30.9 Å². The van der Waals surface area contributed by atoms with Gasteiger partial charge in [0.05, 0.1) is 12.1 Å². The number of benzene rings is 1. The summed E-state index contributed by atoms with van der Waals surface area (Å²) >= 11 is 0. The van der Waals surface area contributed by atoms with E-state index in [0.717, 1.165) is 33.5 Å². The van der Waals surface area contributed by atoms with Crippen molar-refractivity contribution >= 4 is 27.7 Å². The number of alkyl halides is 3. The summed E-state index contributed by atoms with van der Waals surface area (Å²) in [7, 11) is -1.04. The fourth-order valence-corrected chi connectivity index (χ4v) is 7.19. The lowest BCUT2D eigenvalue weighted by Crippen LogP contribution is -2.56. The molecule has 3 aliphatic rings. The van der Waals surface area contributed by atoms with E-state index in [0.29, 0.717) is 45.0 Å². The number of amides is 1. The van der Waals surface area contributed by atoms with Crippen LogP contribution in [0.5, 0.6) is 0 Å². The third-order valence-corrected chi connectivity index (χ3v) is 10.2. The maximum absolute atomic E-state index is 13.8. The first-order valence-electron chi connectivity index (χ1n) is 14.1. The van der Waals surface area contributed by atoms with Crippen molar-refractivity contribution < 1.29 is 36.3 Å². The van der Waals surface area contributed by atoms with Gasteiger partial charge in [0.15, 0.2) is 5.03 Å². The predicted octanol–water partition coefficient (Wildman–Crippen LogP) is 2.06. The van der Waals surface area contributed by atoms with Gasteiger partial charge in [-0.3, -0.25) is 14.6 Å². The average molecular weight is 628 g/mol. The molecule has 3 unspecified atom stereocenters. The molecule has 3 atom stereocenters. The molecule has 0 aliphatic carbocycles. The van der Waals surface area contributed by atoms with Crippen LogP contribution < -0.4 is 4.90 Å².